The van der Waals surface area contributed by atoms with E-state index in [2.05, 4.69) is 10.5 Å². The van der Waals surface area contributed by atoms with Crippen LogP contribution in [0, 0.1) is 3.57 Å². The van der Waals surface area contributed by atoms with E-state index in [1.54, 1.807) is 36.4 Å². The Balaban J connectivity index is 1.97. The highest BCUT2D eigenvalue weighted by atomic mass is 127. The van der Waals surface area contributed by atoms with Gasteiger partial charge in [-0.2, -0.15) is 5.10 Å². The molecule has 0 saturated heterocycles. The first-order valence-corrected chi connectivity index (χ1v) is 8.08. The Morgan fingerprint density at radius 3 is 2.74 bits per heavy atom. The Hall–Kier alpha value is -1.80. The maximum Gasteiger partial charge on any atom is 0.244 e. The van der Waals surface area contributed by atoms with Crippen LogP contribution in [-0.4, -0.2) is 24.3 Å². The Bertz CT molecular complexity index is 733. The molecular weight excluding hydrogens is 431 g/mol. The molecule has 0 aliphatic carbocycles. The van der Waals surface area contributed by atoms with Gasteiger partial charge in [-0.05, 0) is 58.0 Å². The van der Waals surface area contributed by atoms with Crippen LogP contribution in [-0.2, 0) is 11.2 Å². The number of ether oxygens (including phenoxy) is 1. The molecule has 0 bridgehead atoms. The molecule has 0 unspecified atom stereocenters. The number of phenolic OH excluding ortho intramolecular Hbond substituents is 1. The van der Waals surface area contributed by atoms with E-state index in [0.717, 1.165) is 5.56 Å². The van der Waals surface area contributed by atoms with E-state index in [1.807, 2.05) is 22.6 Å². The summed E-state index contributed by atoms with van der Waals surface area (Å²) in [5.74, 6) is 0.201. The van der Waals surface area contributed by atoms with E-state index < -0.39 is 0 Å². The summed E-state index contributed by atoms with van der Waals surface area (Å²) >= 11 is 7.79. The normalized spacial score (nSPS) is 10.7. The van der Waals surface area contributed by atoms with E-state index in [0.29, 0.717) is 19.9 Å². The first-order valence-electron chi connectivity index (χ1n) is 6.62. The van der Waals surface area contributed by atoms with E-state index in [4.69, 9.17) is 16.3 Å². The molecule has 0 aliphatic rings. The van der Waals surface area contributed by atoms with Gasteiger partial charge in [0.25, 0.3) is 0 Å². The fraction of sp³-hybridized carbons (Fsp3) is 0.125. The molecule has 5 nitrogen and oxygen atoms in total. The van der Waals surface area contributed by atoms with Crippen LogP contribution in [0.15, 0.2) is 41.5 Å². The lowest BCUT2D eigenvalue weighted by Crippen LogP contribution is -2.19. The predicted octanol–water partition coefficient (Wildman–Crippen LogP) is 3.35. The number of halogens is 2. The van der Waals surface area contributed by atoms with Gasteiger partial charge in [-0.3, -0.25) is 4.79 Å². The van der Waals surface area contributed by atoms with E-state index in [9.17, 15) is 9.90 Å². The lowest BCUT2D eigenvalue weighted by molar-refractivity contribution is -0.120. The number of amides is 1. The van der Waals surface area contributed by atoms with Gasteiger partial charge in [-0.1, -0.05) is 23.7 Å². The Labute approximate surface area is 152 Å². The molecule has 1 amide bonds. The maximum atomic E-state index is 11.8. The van der Waals surface area contributed by atoms with Crippen LogP contribution in [0.4, 0.5) is 0 Å². The van der Waals surface area contributed by atoms with Gasteiger partial charge in [0, 0.05) is 5.02 Å². The molecule has 0 heterocycles. The van der Waals surface area contributed by atoms with Crippen molar-refractivity contribution in [3.8, 4) is 11.5 Å². The van der Waals surface area contributed by atoms with Gasteiger partial charge in [0.15, 0.2) is 11.5 Å². The third kappa shape index (κ3) is 5.11. The Morgan fingerprint density at radius 1 is 1.39 bits per heavy atom. The lowest BCUT2D eigenvalue weighted by Gasteiger charge is -2.06. The summed E-state index contributed by atoms with van der Waals surface area (Å²) < 4.78 is 5.70. The lowest BCUT2D eigenvalue weighted by atomic mass is 10.1. The van der Waals surface area contributed by atoms with E-state index >= 15 is 0 Å². The highest BCUT2D eigenvalue weighted by molar-refractivity contribution is 14.1. The minimum absolute atomic E-state index is 0.0806. The molecule has 0 atom stereocenters. The number of nitrogens with one attached hydrogen (secondary N) is 1. The highest BCUT2D eigenvalue weighted by Crippen LogP contribution is 2.31. The summed E-state index contributed by atoms with van der Waals surface area (Å²) in [6.45, 7) is 0. The standard InChI is InChI=1S/C16H14ClIN2O3/c1-23-14-7-11(6-13(18)16(14)22)9-19-20-15(21)8-10-2-4-12(17)5-3-10/h2-7,9,22H,8H2,1H3,(H,20,21)/b19-9-. The number of aromatic hydroxyl groups is 1. The number of rotatable bonds is 5. The summed E-state index contributed by atoms with van der Waals surface area (Å²) in [6.07, 6.45) is 1.70. The van der Waals surface area contributed by atoms with Crippen molar-refractivity contribution in [1.29, 1.82) is 0 Å². The van der Waals surface area contributed by atoms with Gasteiger partial charge < -0.3 is 9.84 Å². The zero-order valence-corrected chi connectivity index (χ0v) is 15.1. The van der Waals surface area contributed by atoms with Crippen molar-refractivity contribution in [1.82, 2.24) is 5.43 Å². The van der Waals surface area contributed by atoms with E-state index in [-0.39, 0.29) is 18.1 Å². The summed E-state index contributed by atoms with van der Waals surface area (Å²) in [4.78, 5) is 11.8. The minimum atomic E-state index is -0.232. The van der Waals surface area contributed by atoms with Crippen LogP contribution in [0.3, 0.4) is 0 Å². The number of methoxy groups -OCH3 is 1. The van der Waals surface area contributed by atoms with Gasteiger partial charge in [-0.15, -0.1) is 0 Å². The zero-order chi connectivity index (χ0) is 16.8. The van der Waals surface area contributed by atoms with Crippen molar-refractivity contribution >= 4 is 46.3 Å². The molecular formula is C16H14ClIN2O3. The molecule has 120 valence electrons. The Kier molecular flexibility index (Phi) is 6.23. The van der Waals surface area contributed by atoms with E-state index in [1.165, 1.54) is 13.3 Å². The summed E-state index contributed by atoms with van der Waals surface area (Å²) in [5.41, 5.74) is 4.01. The van der Waals surface area contributed by atoms with Crippen LogP contribution >= 0.6 is 34.2 Å². The molecule has 0 fully saturated rings. The molecule has 2 aromatic rings. The average Bonchev–Trinajstić information content (AvgIpc) is 2.53. The third-order valence-corrected chi connectivity index (χ3v) is 4.03. The molecule has 2 aromatic carbocycles. The first kappa shape index (κ1) is 17.6. The van der Waals surface area contributed by atoms with Crippen LogP contribution in [0.2, 0.25) is 5.02 Å². The van der Waals surface area contributed by atoms with Crippen molar-refractivity contribution in [3.05, 3.63) is 56.1 Å². The van der Waals surface area contributed by atoms with Crippen LogP contribution < -0.4 is 10.2 Å². The van der Waals surface area contributed by atoms with Gasteiger partial charge in [0.1, 0.15) is 0 Å². The number of hydrogen-bond donors (Lipinski definition) is 2. The molecule has 0 saturated carbocycles. The number of carbonyl (C=O) groups is 1. The average molecular weight is 445 g/mol. The number of hydrazone groups is 1. The highest BCUT2D eigenvalue weighted by Gasteiger charge is 2.07. The molecule has 2 N–H and O–H groups in total. The number of nitrogens with zero attached hydrogens (tertiary/aromatic N) is 1. The fourth-order valence-corrected chi connectivity index (χ4v) is 2.58. The molecule has 0 radical (unpaired) electrons. The fourth-order valence-electron chi connectivity index (χ4n) is 1.83. The SMILES string of the molecule is COc1cc(/C=N\NC(=O)Cc2ccc(Cl)cc2)cc(I)c1O. The van der Waals surface area contributed by atoms with Crippen LogP contribution in [0.5, 0.6) is 11.5 Å². The minimum Gasteiger partial charge on any atom is -0.504 e. The number of hydrogen-bond acceptors (Lipinski definition) is 4. The molecule has 0 aromatic heterocycles. The quantitative estimate of drug-likeness (QED) is 0.422. The second-order valence-corrected chi connectivity index (χ2v) is 6.25. The summed E-state index contributed by atoms with van der Waals surface area (Å²) in [5, 5.41) is 14.3. The largest absolute Gasteiger partial charge is 0.504 e. The van der Waals surface area contributed by atoms with Crippen LogP contribution in [0.25, 0.3) is 0 Å². The monoisotopic (exact) mass is 444 g/mol. The predicted molar refractivity (Wildman–Crippen MR) is 98.3 cm³/mol. The maximum absolute atomic E-state index is 11.8. The van der Waals surface area contributed by atoms with Gasteiger partial charge in [0.05, 0.1) is 23.3 Å². The van der Waals surface area contributed by atoms with Crippen molar-refractivity contribution in [2.24, 2.45) is 5.10 Å². The third-order valence-electron chi connectivity index (χ3n) is 2.95. The second-order valence-electron chi connectivity index (χ2n) is 4.65. The van der Waals surface area contributed by atoms with Crippen molar-refractivity contribution < 1.29 is 14.6 Å². The molecule has 7 heteroatoms. The van der Waals surface area contributed by atoms with Gasteiger partial charge in [0.2, 0.25) is 5.91 Å². The summed E-state index contributed by atoms with van der Waals surface area (Å²) in [7, 11) is 1.47. The molecule has 2 rings (SSSR count). The zero-order valence-electron chi connectivity index (χ0n) is 12.2. The Morgan fingerprint density at radius 2 is 2.09 bits per heavy atom. The number of carbonyl (C=O) groups excluding carboxylic acids is 1. The molecule has 23 heavy (non-hydrogen) atoms. The van der Waals surface area contributed by atoms with Crippen molar-refractivity contribution in [2.45, 2.75) is 6.42 Å². The van der Waals surface area contributed by atoms with Gasteiger partial charge >= 0.3 is 0 Å². The van der Waals surface area contributed by atoms with Crippen LogP contribution in [0.1, 0.15) is 11.1 Å². The van der Waals surface area contributed by atoms with Crippen molar-refractivity contribution in [2.75, 3.05) is 7.11 Å². The van der Waals surface area contributed by atoms with Crippen molar-refractivity contribution in [3.63, 3.8) is 0 Å². The molecule has 0 aliphatic heterocycles. The number of benzene rings is 2. The topological polar surface area (TPSA) is 70.9 Å². The molecule has 0 spiro atoms. The number of phenols is 1. The summed E-state index contributed by atoms with van der Waals surface area (Å²) in [6, 6.07) is 10.4. The first-order chi connectivity index (χ1) is 11.0. The van der Waals surface area contributed by atoms with Gasteiger partial charge in [-0.25, -0.2) is 5.43 Å². The smallest absolute Gasteiger partial charge is 0.244 e. The second kappa shape index (κ2) is 8.16.